The van der Waals surface area contributed by atoms with Gasteiger partial charge in [-0.3, -0.25) is 9.48 Å². The molecular formula is C12H23N5O. The quantitative estimate of drug-likeness (QED) is 0.652. The first-order valence-corrected chi connectivity index (χ1v) is 6.50. The van der Waals surface area contributed by atoms with E-state index in [1.54, 1.807) is 11.0 Å². The van der Waals surface area contributed by atoms with Crippen molar-refractivity contribution < 1.29 is 4.79 Å². The first kappa shape index (κ1) is 14.6. The summed E-state index contributed by atoms with van der Waals surface area (Å²) in [5.41, 5.74) is 0. The van der Waals surface area contributed by atoms with Gasteiger partial charge in [-0.15, -0.1) is 0 Å². The fourth-order valence-electron chi connectivity index (χ4n) is 1.67. The highest BCUT2D eigenvalue weighted by Crippen LogP contribution is 1.95. The number of hydrogen-bond donors (Lipinski definition) is 2. The second-order valence-electron chi connectivity index (χ2n) is 4.34. The van der Waals surface area contributed by atoms with E-state index in [0.717, 1.165) is 25.1 Å². The van der Waals surface area contributed by atoms with Crippen LogP contribution in [0, 0.1) is 0 Å². The Balaban J connectivity index is 2.12. The molecule has 0 aliphatic carbocycles. The Bertz CT molecular complexity index is 359. The van der Waals surface area contributed by atoms with E-state index in [2.05, 4.69) is 34.6 Å². The second-order valence-corrected chi connectivity index (χ2v) is 4.34. The van der Waals surface area contributed by atoms with Gasteiger partial charge in [0, 0.05) is 26.1 Å². The number of amides is 1. The summed E-state index contributed by atoms with van der Waals surface area (Å²) in [4.78, 5) is 15.7. The molecule has 0 unspecified atom stereocenters. The van der Waals surface area contributed by atoms with Gasteiger partial charge >= 0.3 is 0 Å². The summed E-state index contributed by atoms with van der Waals surface area (Å²) in [5, 5.41) is 10.2. The first-order chi connectivity index (χ1) is 8.65. The van der Waals surface area contributed by atoms with Gasteiger partial charge in [0.05, 0.1) is 6.54 Å². The van der Waals surface area contributed by atoms with Crippen LogP contribution in [0.2, 0.25) is 0 Å². The molecule has 0 saturated heterocycles. The molecule has 0 saturated carbocycles. The molecule has 1 rings (SSSR count). The third-order valence-corrected chi connectivity index (χ3v) is 2.81. The van der Waals surface area contributed by atoms with Crippen LogP contribution in [0.25, 0.3) is 0 Å². The molecule has 0 spiro atoms. The van der Waals surface area contributed by atoms with Crippen LogP contribution in [0.1, 0.15) is 32.5 Å². The summed E-state index contributed by atoms with van der Waals surface area (Å²) in [7, 11) is 1.84. The molecule has 2 N–H and O–H groups in total. The van der Waals surface area contributed by atoms with Crippen LogP contribution in [0.15, 0.2) is 6.33 Å². The summed E-state index contributed by atoms with van der Waals surface area (Å²) in [6.07, 6.45) is 4.36. The molecule has 102 valence electrons. The number of carbonyl (C=O) groups excluding carboxylic acids is 1. The lowest BCUT2D eigenvalue weighted by Gasteiger charge is -2.14. The average molecular weight is 253 g/mol. The van der Waals surface area contributed by atoms with Crippen LogP contribution >= 0.6 is 0 Å². The van der Waals surface area contributed by atoms with Crippen LogP contribution in [0.3, 0.4) is 0 Å². The molecule has 0 aliphatic rings. The second kappa shape index (κ2) is 7.81. The molecule has 0 atom stereocenters. The minimum Gasteiger partial charge on any atom is -0.352 e. The minimum atomic E-state index is 0.0534. The van der Waals surface area contributed by atoms with Gasteiger partial charge in [-0.2, -0.15) is 5.10 Å². The van der Waals surface area contributed by atoms with Crippen molar-refractivity contribution >= 4 is 5.91 Å². The number of aromatic nitrogens is 3. The maximum Gasteiger partial charge on any atom is 0.234 e. The molecule has 6 heteroatoms. The smallest absolute Gasteiger partial charge is 0.234 e. The molecule has 0 aromatic carbocycles. The van der Waals surface area contributed by atoms with Crippen LogP contribution in [-0.2, 0) is 18.3 Å². The molecule has 1 heterocycles. The van der Waals surface area contributed by atoms with Crippen molar-refractivity contribution in [1.29, 1.82) is 0 Å². The van der Waals surface area contributed by atoms with E-state index in [-0.39, 0.29) is 11.9 Å². The first-order valence-electron chi connectivity index (χ1n) is 6.50. The van der Waals surface area contributed by atoms with E-state index in [1.807, 2.05) is 7.05 Å². The van der Waals surface area contributed by atoms with Crippen molar-refractivity contribution in [1.82, 2.24) is 25.4 Å². The zero-order valence-electron chi connectivity index (χ0n) is 11.4. The molecule has 1 aromatic rings. The molecule has 0 radical (unpaired) electrons. The molecule has 0 fully saturated rings. The minimum absolute atomic E-state index is 0.0534. The molecule has 0 bridgehead atoms. The van der Waals surface area contributed by atoms with Crippen molar-refractivity contribution in [3.8, 4) is 0 Å². The van der Waals surface area contributed by atoms with Gasteiger partial charge in [-0.05, 0) is 12.8 Å². The summed E-state index contributed by atoms with van der Waals surface area (Å²) >= 11 is 0. The van der Waals surface area contributed by atoms with E-state index in [9.17, 15) is 4.79 Å². The summed E-state index contributed by atoms with van der Waals surface area (Å²) in [6.45, 7) is 5.22. The van der Waals surface area contributed by atoms with E-state index in [1.165, 1.54) is 0 Å². The van der Waals surface area contributed by atoms with E-state index in [0.29, 0.717) is 13.1 Å². The monoisotopic (exact) mass is 253 g/mol. The van der Waals surface area contributed by atoms with Gasteiger partial charge in [0.1, 0.15) is 6.33 Å². The lowest BCUT2D eigenvalue weighted by molar-refractivity contribution is -0.121. The number of rotatable bonds is 8. The Hall–Kier alpha value is -1.43. The van der Waals surface area contributed by atoms with Crippen molar-refractivity contribution in [2.24, 2.45) is 7.05 Å². The van der Waals surface area contributed by atoms with Gasteiger partial charge in [-0.1, -0.05) is 13.8 Å². The number of aryl methyl sites for hydroxylation is 1. The third-order valence-electron chi connectivity index (χ3n) is 2.81. The molecular weight excluding hydrogens is 230 g/mol. The topological polar surface area (TPSA) is 71.8 Å². The standard InChI is InChI=1S/C12H23N5O/c1-4-10(5-2)15-12(18)8-13-7-6-11-14-9-17(3)16-11/h9-10,13H,4-8H2,1-3H3,(H,15,18). The maximum absolute atomic E-state index is 11.6. The summed E-state index contributed by atoms with van der Waals surface area (Å²) < 4.78 is 1.68. The molecule has 6 nitrogen and oxygen atoms in total. The lowest BCUT2D eigenvalue weighted by Crippen LogP contribution is -2.40. The molecule has 18 heavy (non-hydrogen) atoms. The SMILES string of the molecule is CCC(CC)NC(=O)CNCCc1ncn(C)n1. The largest absolute Gasteiger partial charge is 0.352 e. The summed E-state index contributed by atoms with van der Waals surface area (Å²) in [6, 6.07) is 0.289. The van der Waals surface area contributed by atoms with Gasteiger partial charge in [0.15, 0.2) is 5.82 Å². The van der Waals surface area contributed by atoms with Gasteiger partial charge < -0.3 is 10.6 Å². The Morgan fingerprint density at radius 2 is 2.17 bits per heavy atom. The zero-order chi connectivity index (χ0) is 13.4. The summed E-state index contributed by atoms with van der Waals surface area (Å²) in [5.74, 6) is 0.850. The predicted octanol–water partition coefficient (Wildman–Crippen LogP) is 0.252. The van der Waals surface area contributed by atoms with Crippen molar-refractivity contribution in [3.05, 3.63) is 12.2 Å². The maximum atomic E-state index is 11.6. The lowest BCUT2D eigenvalue weighted by atomic mass is 10.2. The number of nitrogens with one attached hydrogen (secondary N) is 2. The van der Waals surface area contributed by atoms with Crippen LogP contribution in [0.4, 0.5) is 0 Å². The molecule has 1 aromatic heterocycles. The van der Waals surface area contributed by atoms with E-state index < -0.39 is 0 Å². The Morgan fingerprint density at radius 3 is 2.72 bits per heavy atom. The zero-order valence-corrected chi connectivity index (χ0v) is 11.4. The fraction of sp³-hybridized carbons (Fsp3) is 0.750. The van der Waals surface area contributed by atoms with Gasteiger partial charge in [0.2, 0.25) is 5.91 Å². The Labute approximate surface area is 108 Å². The van der Waals surface area contributed by atoms with Crippen molar-refractivity contribution in [3.63, 3.8) is 0 Å². The van der Waals surface area contributed by atoms with E-state index in [4.69, 9.17) is 0 Å². The Kier molecular flexibility index (Phi) is 6.35. The molecule has 1 amide bonds. The fourth-order valence-corrected chi connectivity index (χ4v) is 1.67. The van der Waals surface area contributed by atoms with Crippen LogP contribution in [-0.4, -0.2) is 39.8 Å². The third kappa shape index (κ3) is 5.27. The van der Waals surface area contributed by atoms with Crippen molar-refractivity contribution in [2.45, 2.75) is 39.2 Å². The number of nitrogens with zero attached hydrogens (tertiary/aromatic N) is 3. The highest BCUT2D eigenvalue weighted by molar-refractivity contribution is 5.78. The normalized spacial score (nSPS) is 10.9. The van der Waals surface area contributed by atoms with Crippen molar-refractivity contribution in [2.75, 3.05) is 13.1 Å². The number of carbonyl (C=O) groups is 1. The average Bonchev–Trinajstić information content (AvgIpc) is 2.77. The van der Waals surface area contributed by atoms with Gasteiger partial charge in [-0.25, -0.2) is 4.98 Å². The van der Waals surface area contributed by atoms with Crippen LogP contribution in [0.5, 0.6) is 0 Å². The number of hydrogen-bond acceptors (Lipinski definition) is 4. The Morgan fingerprint density at radius 1 is 1.44 bits per heavy atom. The van der Waals surface area contributed by atoms with Gasteiger partial charge in [0.25, 0.3) is 0 Å². The highest BCUT2D eigenvalue weighted by Gasteiger charge is 2.07. The highest BCUT2D eigenvalue weighted by atomic mass is 16.1. The predicted molar refractivity (Wildman–Crippen MR) is 70.1 cm³/mol. The van der Waals surface area contributed by atoms with Crippen LogP contribution < -0.4 is 10.6 Å². The van der Waals surface area contributed by atoms with E-state index >= 15 is 0 Å². The molecule has 0 aliphatic heterocycles.